The highest BCUT2D eigenvalue weighted by Gasteiger charge is 2.36. The minimum absolute atomic E-state index is 0.225. The lowest BCUT2D eigenvalue weighted by Gasteiger charge is -2.40. The van der Waals surface area contributed by atoms with Crippen LogP contribution in [0.4, 0.5) is 0 Å². The highest BCUT2D eigenvalue weighted by molar-refractivity contribution is 6.30. The maximum absolute atomic E-state index is 5.87. The van der Waals surface area contributed by atoms with Gasteiger partial charge in [0.1, 0.15) is 5.75 Å². The van der Waals surface area contributed by atoms with Gasteiger partial charge in [-0.2, -0.15) is 0 Å². The minimum Gasteiger partial charge on any atom is -0.493 e. The molecule has 0 spiro atoms. The Labute approximate surface area is 95.4 Å². The predicted octanol–water partition coefficient (Wildman–Crippen LogP) is 2.85. The Bertz CT molecular complexity index is 331. The van der Waals surface area contributed by atoms with Gasteiger partial charge in [-0.3, -0.25) is 0 Å². The predicted molar refractivity (Wildman–Crippen MR) is 62.3 cm³/mol. The molecule has 0 amide bonds. The van der Waals surface area contributed by atoms with Crippen molar-refractivity contribution in [1.82, 2.24) is 0 Å². The normalized spacial score (nSPS) is 18.3. The molecule has 2 N–H and O–H groups in total. The van der Waals surface area contributed by atoms with Gasteiger partial charge in [-0.25, -0.2) is 0 Å². The molecule has 0 heterocycles. The fourth-order valence-corrected chi connectivity index (χ4v) is 2.06. The van der Waals surface area contributed by atoms with Gasteiger partial charge in [0.05, 0.1) is 6.61 Å². The fourth-order valence-electron chi connectivity index (χ4n) is 1.88. The summed E-state index contributed by atoms with van der Waals surface area (Å²) < 4.78 is 5.72. The molecule has 0 aromatic heterocycles. The van der Waals surface area contributed by atoms with Crippen molar-refractivity contribution in [3.63, 3.8) is 0 Å². The average Bonchev–Trinajstić information content (AvgIpc) is 2.17. The van der Waals surface area contributed by atoms with E-state index < -0.39 is 0 Å². The zero-order chi connectivity index (χ0) is 10.7. The number of hydrogen-bond acceptors (Lipinski definition) is 2. The molecule has 0 saturated heterocycles. The average molecular weight is 226 g/mol. The second-order valence-corrected chi connectivity index (χ2v) is 4.74. The molecule has 15 heavy (non-hydrogen) atoms. The van der Waals surface area contributed by atoms with E-state index in [4.69, 9.17) is 22.1 Å². The monoisotopic (exact) mass is 225 g/mol. The number of rotatable bonds is 4. The van der Waals surface area contributed by atoms with Gasteiger partial charge in [-0.1, -0.05) is 24.1 Å². The first-order valence-corrected chi connectivity index (χ1v) is 5.70. The number of hydrogen-bond donors (Lipinski definition) is 1. The van der Waals surface area contributed by atoms with Crippen LogP contribution in [0.5, 0.6) is 5.75 Å². The van der Waals surface area contributed by atoms with Crippen molar-refractivity contribution in [3.05, 3.63) is 29.3 Å². The number of benzene rings is 1. The van der Waals surface area contributed by atoms with E-state index in [2.05, 4.69) is 0 Å². The SMILES string of the molecule is NCC1(COc2cccc(Cl)c2)CCC1. The maximum atomic E-state index is 5.87. The van der Waals surface area contributed by atoms with Crippen LogP contribution in [0.15, 0.2) is 24.3 Å². The Hall–Kier alpha value is -0.730. The van der Waals surface area contributed by atoms with Gasteiger partial charge < -0.3 is 10.5 Å². The molecule has 82 valence electrons. The molecule has 1 fully saturated rings. The fraction of sp³-hybridized carbons (Fsp3) is 0.500. The number of halogens is 1. The highest BCUT2D eigenvalue weighted by Crippen LogP contribution is 2.40. The van der Waals surface area contributed by atoms with Crippen molar-refractivity contribution in [1.29, 1.82) is 0 Å². The summed E-state index contributed by atoms with van der Waals surface area (Å²) >= 11 is 5.87. The second-order valence-electron chi connectivity index (χ2n) is 4.30. The lowest BCUT2D eigenvalue weighted by Crippen LogP contribution is -2.42. The summed E-state index contributed by atoms with van der Waals surface area (Å²) in [5.41, 5.74) is 5.98. The first kappa shape index (κ1) is 10.8. The molecular formula is C12H16ClNO. The Morgan fingerprint density at radius 2 is 2.20 bits per heavy atom. The van der Waals surface area contributed by atoms with E-state index in [9.17, 15) is 0 Å². The van der Waals surface area contributed by atoms with E-state index in [-0.39, 0.29) is 5.41 Å². The summed E-state index contributed by atoms with van der Waals surface area (Å²) in [6.07, 6.45) is 3.64. The summed E-state index contributed by atoms with van der Waals surface area (Å²) in [6.45, 7) is 1.43. The van der Waals surface area contributed by atoms with E-state index >= 15 is 0 Å². The molecule has 1 aromatic rings. The van der Waals surface area contributed by atoms with Crippen molar-refractivity contribution in [3.8, 4) is 5.75 Å². The Morgan fingerprint density at radius 1 is 1.40 bits per heavy atom. The first-order chi connectivity index (χ1) is 7.24. The summed E-state index contributed by atoms with van der Waals surface area (Å²) in [4.78, 5) is 0. The van der Waals surface area contributed by atoms with Crippen LogP contribution < -0.4 is 10.5 Å². The van der Waals surface area contributed by atoms with Gasteiger partial charge in [0.15, 0.2) is 0 Å². The third-order valence-corrected chi connectivity index (χ3v) is 3.42. The van der Waals surface area contributed by atoms with E-state index in [1.54, 1.807) is 0 Å². The molecular weight excluding hydrogens is 210 g/mol. The number of nitrogens with two attached hydrogens (primary N) is 1. The molecule has 2 nitrogen and oxygen atoms in total. The lowest BCUT2D eigenvalue weighted by molar-refractivity contribution is 0.0668. The summed E-state index contributed by atoms with van der Waals surface area (Å²) in [5.74, 6) is 0.835. The Balaban J connectivity index is 1.92. The van der Waals surface area contributed by atoms with Crippen LogP contribution in [0.3, 0.4) is 0 Å². The van der Waals surface area contributed by atoms with Crippen LogP contribution in [-0.2, 0) is 0 Å². The smallest absolute Gasteiger partial charge is 0.120 e. The van der Waals surface area contributed by atoms with E-state index in [0.717, 1.165) is 5.75 Å². The summed E-state index contributed by atoms with van der Waals surface area (Å²) in [5, 5.41) is 0.711. The highest BCUT2D eigenvalue weighted by atomic mass is 35.5. The largest absolute Gasteiger partial charge is 0.493 e. The summed E-state index contributed by atoms with van der Waals surface area (Å²) in [6, 6.07) is 7.50. The van der Waals surface area contributed by atoms with Gasteiger partial charge in [0, 0.05) is 17.0 Å². The topological polar surface area (TPSA) is 35.2 Å². The van der Waals surface area contributed by atoms with Crippen molar-refractivity contribution in [2.45, 2.75) is 19.3 Å². The van der Waals surface area contributed by atoms with Crippen LogP contribution in [0, 0.1) is 5.41 Å². The van der Waals surface area contributed by atoms with Crippen LogP contribution in [0.25, 0.3) is 0 Å². The van der Waals surface area contributed by atoms with Crippen LogP contribution in [-0.4, -0.2) is 13.2 Å². The van der Waals surface area contributed by atoms with Gasteiger partial charge in [0.2, 0.25) is 0 Å². The first-order valence-electron chi connectivity index (χ1n) is 5.33. The molecule has 0 radical (unpaired) electrons. The molecule has 3 heteroatoms. The molecule has 1 aliphatic carbocycles. The molecule has 0 atom stereocenters. The molecule has 0 bridgehead atoms. The number of ether oxygens (including phenoxy) is 1. The minimum atomic E-state index is 0.225. The second kappa shape index (κ2) is 4.42. The molecule has 1 saturated carbocycles. The van der Waals surface area contributed by atoms with Gasteiger partial charge in [-0.15, -0.1) is 0 Å². The zero-order valence-corrected chi connectivity index (χ0v) is 9.46. The van der Waals surface area contributed by atoms with Gasteiger partial charge in [-0.05, 0) is 31.0 Å². The molecule has 0 unspecified atom stereocenters. The Kier molecular flexibility index (Phi) is 3.17. The molecule has 2 rings (SSSR count). The van der Waals surface area contributed by atoms with Crippen LogP contribution in [0.2, 0.25) is 5.02 Å². The molecule has 1 aliphatic rings. The quantitative estimate of drug-likeness (QED) is 0.855. The van der Waals surface area contributed by atoms with Gasteiger partial charge in [0.25, 0.3) is 0 Å². The van der Waals surface area contributed by atoms with Gasteiger partial charge >= 0.3 is 0 Å². The standard InChI is InChI=1S/C12H16ClNO/c13-10-3-1-4-11(7-10)15-9-12(8-14)5-2-6-12/h1,3-4,7H,2,5-6,8-9,14H2. The Morgan fingerprint density at radius 3 is 2.73 bits per heavy atom. The molecule has 0 aliphatic heterocycles. The van der Waals surface area contributed by atoms with E-state index in [0.29, 0.717) is 18.2 Å². The maximum Gasteiger partial charge on any atom is 0.120 e. The van der Waals surface area contributed by atoms with Crippen molar-refractivity contribution < 1.29 is 4.74 Å². The van der Waals surface area contributed by atoms with Crippen molar-refractivity contribution >= 4 is 11.6 Å². The molecule has 1 aromatic carbocycles. The zero-order valence-electron chi connectivity index (χ0n) is 8.71. The lowest BCUT2D eigenvalue weighted by atomic mass is 9.69. The van der Waals surface area contributed by atoms with Crippen LogP contribution in [0.1, 0.15) is 19.3 Å². The third kappa shape index (κ3) is 2.44. The third-order valence-electron chi connectivity index (χ3n) is 3.19. The summed E-state index contributed by atoms with van der Waals surface area (Å²) in [7, 11) is 0. The van der Waals surface area contributed by atoms with Crippen LogP contribution >= 0.6 is 11.6 Å². The van der Waals surface area contributed by atoms with Crippen molar-refractivity contribution in [2.24, 2.45) is 11.1 Å². The van der Waals surface area contributed by atoms with E-state index in [1.807, 2.05) is 24.3 Å². The van der Waals surface area contributed by atoms with E-state index in [1.165, 1.54) is 19.3 Å². The van der Waals surface area contributed by atoms with Crippen molar-refractivity contribution in [2.75, 3.05) is 13.2 Å².